The Balaban J connectivity index is 1.62. The number of nitrogens with zero attached hydrogens (tertiary/aromatic N) is 2. The highest BCUT2D eigenvalue weighted by molar-refractivity contribution is 6.46. The number of Topliss-reactive ketones (excluding diaryl/α,β-unsaturated/α-hetero) is 1. The van der Waals surface area contributed by atoms with E-state index in [-0.39, 0.29) is 29.5 Å². The number of piperidine rings is 1. The summed E-state index contributed by atoms with van der Waals surface area (Å²) in [7, 11) is 0. The number of benzene rings is 3. The number of ketones is 1. The lowest BCUT2D eigenvalue weighted by Gasteiger charge is -2.38. The van der Waals surface area contributed by atoms with Crippen LogP contribution >= 0.6 is 11.6 Å². The van der Waals surface area contributed by atoms with Gasteiger partial charge in [0.15, 0.2) is 0 Å². The summed E-state index contributed by atoms with van der Waals surface area (Å²) in [6.45, 7) is 3.78. The van der Waals surface area contributed by atoms with Gasteiger partial charge in [0.25, 0.3) is 11.7 Å². The van der Waals surface area contributed by atoms with E-state index in [1.54, 1.807) is 30.3 Å². The van der Waals surface area contributed by atoms with Crippen LogP contribution in [-0.2, 0) is 9.59 Å². The molecule has 0 unspecified atom stereocenters. The molecule has 196 valence electrons. The van der Waals surface area contributed by atoms with Gasteiger partial charge in [-0.05, 0) is 56.6 Å². The van der Waals surface area contributed by atoms with Crippen LogP contribution in [0, 0.1) is 12.7 Å². The molecule has 0 bridgehead atoms. The Kier molecular flexibility index (Phi) is 7.63. The second-order valence-corrected chi connectivity index (χ2v) is 10.4. The number of carbonyl (C=O) groups excluding carboxylic acids is 2. The highest BCUT2D eigenvalue weighted by atomic mass is 35.5. The first-order valence-corrected chi connectivity index (χ1v) is 13.3. The third-order valence-electron chi connectivity index (χ3n) is 7.52. The minimum Gasteiger partial charge on any atom is -0.507 e. The minimum absolute atomic E-state index is 0.0996. The largest absolute Gasteiger partial charge is 0.507 e. The Morgan fingerprint density at radius 3 is 2.29 bits per heavy atom. The molecule has 5 rings (SSSR count). The fraction of sp³-hybridized carbons (Fsp3) is 0.290. The van der Waals surface area contributed by atoms with Crippen molar-refractivity contribution in [3.63, 3.8) is 0 Å². The van der Waals surface area contributed by atoms with E-state index in [1.807, 2.05) is 43.3 Å². The molecule has 7 heteroatoms. The van der Waals surface area contributed by atoms with Gasteiger partial charge in [0.2, 0.25) is 0 Å². The van der Waals surface area contributed by atoms with Crippen molar-refractivity contribution in [2.24, 2.45) is 0 Å². The molecule has 3 aromatic rings. The number of rotatable bonds is 6. The Hall–Kier alpha value is -3.48. The second-order valence-electron chi connectivity index (χ2n) is 10.0. The third kappa shape index (κ3) is 5.11. The lowest BCUT2D eigenvalue weighted by atomic mass is 9.94. The van der Waals surface area contributed by atoms with Crippen LogP contribution in [0.4, 0.5) is 4.39 Å². The van der Waals surface area contributed by atoms with Crippen LogP contribution < -0.4 is 0 Å². The molecule has 2 aliphatic rings. The molecule has 3 aromatic carbocycles. The van der Waals surface area contributed by atoms with Gasteiger partial charge in [-0.1, -0.05) is 78.2 Å². The lowest BCUT2D eigenvalue weighted by Crippen LogP contribution is -2.42. The molecule has 2 aliphatic heterocycles. The van der Waals surface area contributed by atoms with E-state index < -0.39 is 23.5 Å². The number of amides is 1. The second kappa shape index (κ2) is 11.1. The monoisotopic (exact) mass is 532 g/mol. The maximum Gasteiger partial charge on any atom is 0.295 e. The topological polar surface area (TPSA) is 60.9 Å². The predicted molar refractivity (Wildman–Crippen MR) is 146 cm³/mol. The predicted octanol–water partition coefficient (Wildman–Crippen LogP) is 6.44. The number of hydrogen-bond donors (Lipinski definition) is 1. The molecule has 2 heterocycles. The van der Waals surface area contributed by atoms with E-state index in [2.05, 4.69) is 4.90 Å². The summed E-state index contributed by atoms with van der Waals surface area (Å²) >= 11 is 6.16. The standard InChI is InChI=1S/C31H30ClFN2O3/c1-20-9-11-22(12-10-20)29(36)27-28(24-7-3-4-8-25(24)33)35(31(38)30(27)37)19-26(34-17-5-2-6-18-34)21-13-15-23(32)16-14-21/h3-4,7-16,26,28,36H,2,5-6,17-19H2,1H3/t26-,28+/m1/s1. The third-order valence-corrected chi connectivity index (χ3v) is 7.77. The van der Waals surface area contributed by atoms with Gasteiger partial charge in [0.05, 0.1) is 17.7 Å². The summed E-state index contributed by atoms with van der Waals surface area (Å²) in [4.78, 5) is 30.8. The number of likely N-dealkylation sites (tertiary alicyclic amines) is 2. The van der Waals surface area contributed by atoms with Gasteiger partial charge >= 0.3 is 0 Å². The molecule has 0 aliphatic carbocycles. The Labute approximate surface area is 227 Å². The Morgan fingerprint density at radius 2 is 1.63 bits per heavy atom. The zero-order valence-corrected chi connectivity index (χ0v) is 22.0. The molecule has 0 aromatic heterocycles. The summed E-state index contributed by atoms with van der Waals surface area (Å²) in [5.41, 5.74) is 2.43. The zero-order valence-electron chi connectivity index (χ0n) is 21.2. The Morgan fingerprint density at radius 1 is 0.974 bits per heavy atom. The van der Waals surface area contributed by atoms with Crippen molar-refractivity contribution in [3.8, 4) is 0 Å². The number of carbonyl (C=O) groups is 2. The van der Waals surface area contributed by atoms with Gasteiger partial charge in [-0.25, -0.2) is 4.39 Å². The molecule has 5 nitrogen and oxygen atoms in total. The van der Waals surface area contributed by atoms with Crippen molar-refractivity contribution in [1.29, 1.82) is 0 Å². The minimum atomic E-state index is -1.06. The molecule has 1 amide bonds. The Bertz CT molecular complexity index is 1360. The first-order chi connectivity index (χ1) is 18.3. The van der Waals surface area contributed by atoms with Crippen LogP contribution in [0.2, 0.25) is 5.02 Å². The van der Waals surface area contributed by atoms with E-state index in [9.17, 15) is 14.7 Å². The smallest absolute Gasteiger partial charge is 0.295 e. The highest BCUT2D eigenvalue weighted by Gasteiger charge is 2.48. The average molecular weight is 533 g/mol. The SMILES string of the molecule is Cc1ccc(C(O)=C2C(=O)C(=O)N(C[C@H](c3ccc(Cl)cc3)N3CCCCC3)[C@H]2c2ccccc2F)cc1. The molecule has 0 radical (unpaired) electrons. The van der Waals surface area contributed by atoms with Crippen LogP contribution in [0.15, 0.2) is 78.4 Å². The molecular weight excluding hydrogens is 503 g/mol. The first kappa shape index (κ1) is 26.1. The van der Waals surface area contributed by atoms with Crippen LogP contribution in [-0.4, -0.2) is 46.2 Å². The molecule has 38 heavy (non-hydrogen) atoms. The van der Waals surface area contributed by atoms with E-state index >= 15 is 4.39 Å². The molecule has 0 saturated carbocycles. The number of aliphatic hydroxyl groups is 1. The van der Waals surface area contributed by atoms with Crippen molar-refractivity contribution >= 4 is 29.1 Å². The summed E-state index contributed by atoms with van der Waals surface area (Å²) in [5, 5.41) is 11.9. The van der Waals surface area contributed by atoms with Crippen molar-refractivity contribution in [2.45, 2.75) is 38.3 Å². The molecule has 2 atom stereocenters. The van der Waals surface area contributed by atoms with Crippen molar-refractivity contribution in [3.05, 3.63) is 111 Å². The summed E-state index contributed by atoms with van der Waals surface area (Å²) in [6, 6.07) is 19.3. The summed E-state index contributed by atoms with van der Waals surface area (Å²) < 4.78 is 15.2. The number of hydrogen-bond acceptors (Lipinski definition) is 4. The molecular formula is C31H30ClFN2O3. The number of halogens is 2. The summed E-state index contributed by atoms with van der Waals surface area (Å²) in [5.74, 6) is -2.41. The van der Waals surface area contributed by atoms with Gasteiger partial charge in [-0.3, -0.25) is 14.5 Å². The zero-order chi connectivity index (χ0) is 26.8. The first-order valence-electron chi connectivity index (χ1n) is 12.9. The summed E-state index contributed by atoms with van der Waals surface area (Å²) in [6.07, 6.45) is 3.21. The van der Waals surface area contributed by atoms with E-state index in [0.29, 0.717) is 10.6 Å². The van der Waals surface area contributed by atoms with Crippen molar-refractivity contribution < 1.29 is 19.1 Å². The quantitative estimate of drug-likeness (QED) is 0.225. The molecule has 0 spiro atoms. The number of aliphatic hydroxyl groups excluding tert-OH is 1. The van der Waals surface area contributed by atoms with Gasteiger partial charge in [-0.2, -0.15) is 0 Å². The van der Waals surface area contributed by atoms with Crippen LogP contribution in [0.3, 0.4) is 0 Å². The van der Waals surface area contributed by atoms with Gasteiger partial charge in [0.1, 0.15) is 11.6 Å². The van der Waals surface area contributed by atoms with E-state index in [1.165, 1.54) is 11.0 Å². The van der Waals surface area contributed by atoms with Crippen LogP contribution in [0.5, 0.6) is 0 Å². The van der Waals surface area contributed by atoms with E-state index in [0.717, 1.165) is 43.5 Å². The van der Waals surface area contributed by atoms with E-state index in [4.69, 9.17) is 11.6 Å². The normalized spacial score (nSPS) is 20.6. The van der Waals surface area contributed by atoms with Crippen molar-refractivity contribution in [2.75, 3.05) is 19.6 Å². The van der Waals surface area contributed by atoms with Gasteiger partial charge in [0, 0.05) is 22.7 Å². The average Bonchev–Trinajstić information content (AvgIpc) is 3.18. The van der Waals surface area contributed by atoms with Gasteiger partial charge < -0.3 is 10.0 Å². The van der Waals surface area contributed by atoms with Crippen LogP contribution in [0.25, 0.3) is 5.76 Å². The number of aryl methyl sites for hydroxylation is 1. The lowest BCUT2D eigenvalue weighted by molar-refractivity contribution is -0.140. The molecule has 2 fully saturated rings. The van der Waals surface area contributed by atoms with Gasteiger partial charge in [-0.15, -0.1) is 0 Å². The fourth-order valence-corrected chi connectivity index (χ4v) is 5.61. The maximum absolute atomic E-state index is 15.2. The maximum atomic E-state index is 15.2. The highest BCUT2D eigenvalue weighted by Crippen LogP contribution is 2.42. The molecule has 1 N–H and O–H groups in total. The molecule has 2 saturated heterocycles. The van der Waals surface area contributed by atoms with Crippen molar-refractivity contribution in [1.82, 2.24) is 9.80 Å². The van der Waals surface area contributed by atoms with Crippen LogP contribution in [0.1, 0.15) is 53.6 Å². The fourth-order valence-electron chi connectivity index (χ4n) is 5.49.